The number of rotatable bonds is 4. The first-order valence-electron chi connectivity index (χ1n) is 9.02. The molecule has 2 aromatic carbocycles. The van der Waals surface area contributed by atoms with Crippen molar-refractivity contribution < 1.29 is 0 Å². The zero-order valence-corrected chi connectivity index (χ0v) is 16.5. The molecule has 0 aliphatic carbocycles. The fourth-order valence-corrected chi connectivity index (χ4v) is 3.96. The molecule has 0 amide bonds. The zero-order valence-electron chi connectivity index (χ0n) is 15.6. The normalized spacial score (nSPS) is 11.4. The first-order chi connectivity index (χ1) is 13.0. The number of nitrogens with zero attached hydrogens (tertiary/aromatic N) is 3. The first kappa shape index (κ1) is 17.6. The van der Waals surface area contributed by atoms with Crippen molar-refractivity contribution in [1.82, 2.24) is 14.5 Å². The van der Waals surface area contributed by atoms with Gasteiger partial charge in [-0.25, -0.2) is 9.97 Å². The SMILES string of the molecule is Cc1cccc2c(=O)n(Cc3csc(-c4ccc(C(C)C)cc4)n3)cnc12. The average molecular weight is 375 g/mol. The van der Waals surface area contributed by atoms with E-state index in [1.807, 2.05) is 30.5 Å². The maximum atomic E-state index is 12.8. The Hall–Kier alpha value is -2.79. The maximum Gasteiger partial charge on any atom is 0.261 e. The Balaban J connectivity index is 1.62. The number of hydrogen-bond acceptors (Lipinski definition) is 4. The monoisotopic (exact) mass is 375 g/mol. The Morgan fingerprint density at radius 1 is 1.11 bits per heavy atom. The highest BCUT2D eigenvalue weighted by atomic mass is 32.1. The molecule has 0 fully saturated rings. The van der Waals surface area contributed by atoms with E-state index in [1.165, 1.54) is 5.56 Å². The van der Waals surface area contributed by atoms with E-state index in [9.17, 15) is 4.79 Å². The molecule has 2 aromatic heterocycles. The summed E-state index contributed by atoms with van der Waals surface area (Å²) in [4.78, 5) is 21.9. The number of para-hydroxylation sites is 1. The topological polar surface area (TPSA) is 47.8 Å². The van der Waals surface area contributed by atoms with Crippen LogP contribution in [0.3, 0.4) is 0 Å². The van der Waals surface area contributed by atoms with Gasteiger partial charge in [0.2, 0.25) is 0 Å². The minimum atomic E-state index is -0.0282. The van der Waals surface area contributed by atoms with E-state index in [2.05, 4.69) is 43.1 Å². The van der Waals surface area contributed by atoms with Gasteiger partial charge in [0, 0.05) is 10.9 Å². The second-order valence-electron chi connectivity index (χ2n) is 7.07. The fourth-order valence-electron chi connectivity index (χ4n) is 3.15. The Morgan fingerprint density at radius 2 is 1.89 bits per heavy atom. The molecule has 0 spiro atoms. The lowest BCUT2D eigenvalue weighted by Crippen LogP contribution is -2.21. The molecule has 0 atom stereocenters. The summed E-state index contributed by atoms with van der Waals surface area (Å²) in [6, 6.07) is 14.2. The van der Waals surface area contributed by atoms with E-state index in [-0.39, 0.29) is 5.56 Å². The lowest BCUT2D eigenvalue weighted by molar-refractivity contribution is 0.734. The molecule has 27 heavy (non-hydrogen) atoms. The highest BCUT2D eigenvalue weighted by Gasteiger charge is 2.10. The van der Waals surface area contributed by atoms with Crippen molar-refractivity contribution in [3.8, 4) is 10.6 Å². The molecule has 4 nitrogen and oxygen atoms in total. The van der Waals surface area contributed by atoms with Crippen LogP contribution in [0.15, 0.2) is 59.0 Å². The summed E-state index contributed by atoms with van der Waals surface area (Å²) in [6.07, 6.45) is 1.62. The standard InChI is InChI=1S/C22H21N3OS/c1-14(2)16-7-9-17(10-8-16)21-24-18(12-27-21)11-25-13-23-20-15(3)5-4-6-19(20)22(25)26/h4-10,12-14H,11H2,1-3H3. The first-order valence-corrected chi connectivity index (χ1v) is 9.90. The van der Waals surface area contributed by atoms with Gasteiger partial charge in [0.15, 0.2) is 0 Å². The molecule has 0 saturated heterocycles. The lowest BCUT2D eigenvalue weighted by atomic mass is 10.0. The molecule has 2 heterocycles. The number of benzene rings is 2. The molecule has 0 radical (unpaired) electrons. The van der Waals surface area contributed by atoms with E-state index in [0.29, 0.717) is 17.8 Å². The number of fused-ring (bicyclic) bond motifs is 1. The van der Waals surface area contributed by atoms with E-state index in [1.54, 1.807) is 22.2 Å². The van der Waals surface area contributed by atoms with E-state index >= 15 is 0 Å². The molecule has 0 N–H and O–H groups in total. The summed E-state index contributed by atoms with van der Waals surface area (Å²) in [5, 5.41) is 3.63. The van der Waals surface area contributed by atoms with Crippen LogP contribution in [0.5, 0.6) is 0 Å². The van der Waals surface area contributed by atoms with Crippen LogP contribution in [-0.2, 0) is 6.54 Å². The fraction of sp³-hybridized carbons (Fsp3) is 0.227. The third-order valence-corrected chi connectivity index (χ3v) is 5.70. The van der Waals surface area contributed by atoms with Gasteiger partial charge in [0.1, 0.15) is 5.01 Å². The van der Waals surface area contributed by atoms with Gasteiger partial charge >= 0.3 is 0 Å². The smallest absolute Gasteiger partial charge is 0.261 e. The Labute approximate surface area is 162 Å². The van der Waals surface area contributed by atoms with Crippen LogP contribution < -0.4 is 5.56 Å². The molecule has 0 unspecified atom stereocenters. The van der Waals surface area contributed by atoms with Crippen molar-refractivity contribution in [2.24, 2.45) is 0 Å². The quantitative estimate of drug-likeness (QED) is 0.504. The van der Waals surface area contributed by atoms with E-state index in [0.717, 1.165) is 27.3 Å². The Bertz CT molecular complexity index is 1160. The molecular weight excluding hydrogens is 354 g/mol. The van der Waals surface area contributed by atoms with Crippen LogP contribution in [0.4, 0.5) is 0 Å². The molecule has 136 valence electrons. The summed E-state index contributed by atoms with van der Waals surface area (Å²) in [5.74, 6) is 0.516. The van der Waals surface area contributed by atoms with E-state index < -0.39 is 0 Å². The Kier molecular flexibility index (Phi) is 4.62. The average Bonchev–Trinajstić information content (AvgIpc) is 3.13. The number of aryl methyl sites for hydroxylation is 1. The summed E-state index contributed by atoms with van der Waals surface area (Å²) in [5.41, 5.74) is 5.05. The zero-order chi connectivity index (χ0) is 19.0. The number of hydrogen-bond donors (Lipinski definition) is 0. The van der Waals surface area contributed by atoms with E-state index in [4.69, 9.17) is 4.98 Å². The predicted molar refractivity (Wildman–Crippen MR) is 111 cm³/mol. The second-order valence-corrected chi connectivity index (χ2v) is 7.93. The molecule has 4 rings (SSSR count). The molecule has 0 bridgehead atoms. The van der Waals surface area contributed by atoms with Crippen LogP contribution >= 0.6 is 11.3 Å². The van der Waals surface area contributed by atoms with Gasteiger partial charge < -0.3 is 0 Å². The molecular formula is C22H21N3OS. The van der Waals surface area contributed by atoms with Crippen LogP contribution in [0.25, 0.3) is 21.5 Å². The van der Waals surface area contributed by atoms with Gasteiger partial charge in [-0.3, -0.25) is 9.36 Å². The predicted octanol–water partition coefficient (Wildman–Crippen LogP) is 5.00. The largest absolute Gasteiger partial charge is 0.293 e. The summed E-state index contributed by atoms with van der Waals surface area (Å²) in [6.45, 7) is 6.77. The lowest BCUT2D eigenvalue weighted by Gasteiger charge is -2.06. The van der Waals surface area contributed by atoms with Gasteiger partial charge in [0.05, 0.1) is 29.5 Å². The van der Waals surface area contributed by atoms with Gasteiger partial charge in [-0.2, -0.15) is 0 Å². The summed E-state index contributed by atoms with van der Waals surface area (Å²) < 4.78 is 1.63. The highest BCUT2D eigenvalue weighted by molar-refractivity contribution is 7.13. The Morgan fingerprint density at radius 3 is 2.63 bits per heavy atom. The molecule has 4 aromatic rings. The van der Waals surface area contributed by atoms with Crippen molar-refractivity contribution in [2.45, 2.75) is 33.2 Å². The minimum Gasteiger partial charge on any atom is -0.293 e. The third-order valence-electron chi connectivity index (χ3n) is 4.76. The number of aromatic nitrogens is 3. The van der Waals surface area contributed by atoms with Crippen LogP contribution in [0, 0.1) is 6.92 Å². The van der Waals surface area contributed by atoms with Crippen molar-refractivity contribution in [3.63, 3.8) is 0 Å². The van der Waals surface area contributed by atoms with Crippen molar-refractivity contribution in [2.75, 3.05) is 0 Å². The van der Waals surface area contributed by atoms with Gasteiger partial charge in [-0.15, -0.1) is 11.3 Å². The van der Waals surface area contributed by atoms with Crippen LogP contribution in [-0.4, -0.2) is 14.5 Å². The third kappa shape index (κ3) is 3.43. The molecule has 0 saturated carbocycles. The number of thiazole rings is 1. The van der Waals surface area contributed by atoms with Gasteiger partial charge in [-0.1, -0.05) is 50.2 Å². The van der Waals surface area contributed by atoms with Crippen molar-refractivity contribution >= 4 is 22.2 Å². The van der Waals surface area contributed by atoms with Crippen LogP contribution in [0.2, 0.25) is 0 Å². The molecule has 5 heteroatoms. The maximum absolute atomic E-state index is 12.8. The van der Waals surface area contributed by atoms with Gasteiger partial charge in [-0.05, 0) is 30.0 Å². The van der Waals surface area contributed by atoms with Crippen molar-refractivity contribution in [1.29, 1.82) is 0 Å². The van der Waals surface area contributed by atoms with Crippen molar-refractivity contribution in [3.05, 3.63) is 81.3 Å². The minimum absolute atomic E-state index is 0.0282. The summed E-state index contributed by atoms with van der Waals surface area (Å²) >= 11 is 1.60. The highest BCUT2D eigenvalue weighted by Crippen LogP contribution is 2.26. The van der Waals surface area contributed by atoms with Crippen LogP contribution in [0.1, 0.15) is 36.6 Å². The molecule has 0 aliphatic rings. The second kappa shape index (κ2) is 7.08. The summed E-state index contributed by atoms with van der Waals surface area (Å²) in [7, 11) is 0. The van der Waals surface area contributed by atoms with Gasteiger partial charge in [0.25, 0.3) is 5.56 Å². The molecule has 0 aliphatic heterocycles.